The summed E-state index contributed by atoms with van der Waals surface area (Å²) >= 11 is 0. The lowest BCUT2D eigenvalue weighted by molar-refractivity contribution is 0.670. The highest BCUT2D eigenvalue weighted by molar-refractivity contribution is 6.09. The van der Waals surface area contributed by atoms with Gasteiger partial charge in [-0.25, -0.2) is 9.97 Å². The summed E-state index contributed by atoms with van der Waals surface area (Å²) in [6.45, 7) is 0. The summed E-state index contributed by atoms with van der Waals surface area (Å²) in [4.78, 5) is 10.4. The molecular formula is C47H30N2O. The van der Waals surface area contributed by atoms with Crippen LogP contribution < -0.4 is 0 Å². The van der Waals surface area contributed by atoms with Gasteiger partial charge in [0.2, 0.25) is 0 Å². The molecule has 2 heterocycles. The summed E-state index contributed by atoms with van der Waals surface area (Å²) in [6.07, 6.45) is 0. The van der Waals surface area contributed by atoms with E-state index in [0.29, 0.717) is 5.82 Å². The lowest BCUT2D eigenvalue weighted by atomic mass is 9.67. The second kappa shape index (κ2) is 11.3. The largest absolute Gasteiger partial charge is 0.455 e. The van der Waals surface area contributed by atoms with Crippen LogP contribution in [0.2, 0.25) is 0 Å². The van der Waals surface area contributed by atoms with Crippen molar-refractivity contribution in [2.24, 2.45) is 0 Å². The molecule has 3 heteroatoms. The van der Waals surface area contributed by atoms with Gasteiger partial charge in [-0.3, -0.25) is 0 Å². The number of furan rings is 1. The van der Waals surface area contributed by atoms with Crippen molar-refractivity contribution in [1.82, 2.24) is 9.97 Å². The topological polar surface area (TPSA) is 38.9 Å². The molecule has 9 aromatic rings. The molecule has 3 nitrogen and oxygen atoms in total. The van der Waals surface area contributed by atoms with Crippen LogP contribution in [0.25, 0.3) is 67.0 Å². The zero-order chi connectivity index (χ0) is 33.1. The fourth-order valence-electron chi connectivity index (χ4n) is 8.02. The van der Waals surface area contributed by atoms with Crippen LogP contribution >= 0.6 is 0 Å². The highest BCUT2D eigenvalue weighted by Gasteiger charge is 2.45. The number of aromatic nitrogens is 2. The van der Waals surface area contributed by atoms with E-state index in [4.69, 9.17) is 14.4 Å². The summed E-state index contributed by atoms with van der Waals surface area (Å²) in [5.74, 6) is 0.672. The van der Waals surface area contributed by atoms with Gasteiger partial charge < -0.3 is 4.42 Å². The van der Waals surface area contributed by atoms with Crippen molar-refractivity contribution in [3.05, 3.63) is 204 Å². The van der Waals surface area contributed by atoms with Crippen molar-refractivity contribution in [2.45, 2.75) is 5.41 Å². The van der Waals surface area contributed by atoms with Gasteiger partial charge in [-0.15, -0.1) is 0 Å². The van der Waals surface area contributed by atoms with E-state index < -0.39 is 5.41 Å². The molecule has 0 amide bonds. The molecule has 10 rings (SSSR count). The third-order valence-corrected chi connectivity index (χ3v) is 10.2. The van der Waals surface area contributed by atoms with Gasteiger partial charge >= 0.3 is 0 Å². The van der Waals surface area contributed by atoms with Crippen LogP contribution in [-0.4, -0.2) is 9.97 Å². The second-order valence-electron chi connectivity index (χ2n) is 12.9. The van der Waals surface area contributed by atoms with Gasteiger partial charge in [-0.1, -0.05) is 158 Å². The molecule has 2 aromatic heterocycles. The minimum atomic E-state index is -0.498. The maximum atomic E-state index is 6.48. The van der Waals surface area contributed by atoms with E-state index in [0.717, 1.165) is 50.0 Å². The highest BCUT2D eigenvalue weighted by Crippen LogP contribution is 2.56. The zero-order valence-corrected chi connectivity index (χ0v) is 27.1. The van der Waals surface area contributed by atoms with Crippen LogP contribution in [0.15, 0.2) is 186 Å². The van der Waals surface area contributed by atoms with Crippen LogP contribution in [-0.2, 0) is 5.41 Å². The first-order valence-electron chi connectivity index (χ1n) is 17.0. The van der Waals surface area contributed by atoms with Gasteiger partial charge in [0.05, 0.1) is 16.8 Å². The van der Waals surface area contributed by atoms with E-state index in [2.05, 4.69) is 152 Å². The maximum Gasteiger partial charge on any atom is 0.160 e. The number of fused-ring (bicyclic) bond motifs is 6. The Labute approximate surface area is 290 Å². The van der Waals surface area contributed by atoms with Crippen LogP contribution in [0.1, 0.15) is 22.3 Å². The molecule has 0 radical (unpaired) electrons. The molecule has 1 aliphatic carbocycles. The van der Waals surface area contributed by atoms with Gasteiger partial charge in [-0.05, 0) is 57.6 Å². The molecule has 1 aliphatic rings. The van der Waals surface area contributed by atoms with E-state index in [9.17, 15) is 0 Å². The average molecular weight is 639 g/mol. The van der Waals surface area contributed by atoms with Gasteiger partial charge in [0.25, 0.3) is 0 Å². The predicted molar refractivity (Wildman–Crippen MR) is 203 cm³/mol. The monoisotopic (exact) mass is 638 g/mol. The number of hydrogen-bond acceptors (Lipinski definition) is 3. The first kappa shape index (κ1) is 28.4. The van der Waals surface area contributed by atoms with E-state index in [1.807, 2.05) is 30.3 Å². The molecule has 0 saturated carbocycles. The Balaban J connectivity index is 1.22. The molecule has 0 saturated heterocycles. The predicted octanol–water partition coefficient (Wildman–Crippen LogP) is 11.7. The first-order chi connectivity index (χ1) is 24.8. The lowest BCUT2D eigenvalue weighted by Crippen LogP contribution is -2.28. The van der Waals surface area contributed by atoms with Crippen molar-refractivity contribution in [3.8, 4) is 45.0 Å². The quantitative estimate of drug-likeness (QED) is 0.188. The zero-order valence-electron chi connectivity index (χ0n) is 27.1. The van der Waals surface area contributed by atoms with Gasteiger partial charge in [-0.2, -0.15) is 0 Å². The summed E-state index contributed by atoms with van der Waals surface area (Å²) in [6, 6.07) is 64.4. The Morgan fingerprint density at radius 3 is 1.74 bits per heavy atom. The van der Waals surface area contributed by atoms with Crippen LogP contribution in [0.3, 0.4) is 0 Å². The van der Waals surface area contributed by atoms with Gasteiger partial charge in [0, 0.05) is 27.5 Å². The fraction of sp³-hybridized carbons (Fsp3) is 0.0213. The Bertz CT molecular complexity index is 2660. The van der Waals surface area contributed by atoms with E-state index in [1.165, 1.54) is 33.4 Å². The standard InChI is InChI=1S/C47H30N2O/c1-3-15-31(16-4-1)46-48-42(30-43(49-46)39-25-14-24-38-37-23-9-12-28-44(37)50-45(38)39)32-17-13-20-34(29-32)47(33-18-5-2-6-19-33)40-26-10-7-21-35(40)36-22-8-11-27-41(36)47/h1-30H. The minimum absolute atomic E-state index is 0.498. The summed E-state index contributed by atoms with van der Waals surface area (Å²) in [5.41, 5.74) is 13.3. The molecular weight excluding hydrogens is 609 g/mol. The second-order valence-corrected chi connectivity index (χ2v) is 12.9. The molecule has 0 fully saturated rings. The van der Waals surface area contributed by atoms with Crippen molar-refractivity contribution < 1.29 is 4.42 Å². The smallest absolute Gasteiger partial charge is 0.160 e. The van der Waals surface area contributed by atoms with Crippen LogP contribution in [0.4, 0.5) is 0 Å². The summed E-state index contributed by atoms with van der Waals surface area (Å²) < 4.78 is 6.48. The molecule has 0 N–H and O–H groups in total. The average Bonchev–Trinajstić information content (AvgIpc) is 3.73. The van der Waals surface area contributed by atoms with Crippen molar-refractivity contribution >= 4 is 21.9 Å². The van der Waals surface area contributed by atoms with E-state index in [1.54, 1.807) is 0 Å². The third-order valence-electron chi connectivity index (χ3n) is 10.2. The fourth-order valence-corrected chi connectivity index (χ4v) is 8.02. The molecule has 0 spiro atoms. The number of para-hydroxylation sites is 2. The molecule has 0 unspecified atom stereocenters. The van der Waals surface area contributed by atoms with Crippen LogP contribution in [0, 0.1) is 0 Å². The molecule has 0 atom stereocenters. The Kier molecular flexibility index (Phi) is 6.40. The molecule has 7 aromatic carbocycles. The van der Waals surface area contributed by atoms with Crippen molar-refractivity contribution in [1.29, 1.82) is 0 Å². The highest BCUT2D eigenvalue weighted by atomic mass is 16.3. The Hall–Kier alpha value is -6.58. The first-order valence-corrected chi connectivity index (χ1v) is 17.0. The molecule has 50 heavy (non-hydrogen) atoms. The Morgan fingerprint density at radius 2 is 0.960 bits per heavy atom. The summed E-state index contributed by atoms with van der Waals surface area (Å²) in [7, 11) is 0. The van der Waals surface area contributed by atoms with E-state index >= 15 is 0 Å². The normalized spacial score (nSPS) is 13.0. The van der Waals surface area contributed by atoms with Crippen molar-refractivity contribution in [2.75, 3.05) is 0 Å². The SMILES string of the molecule is c1ccc(-c2nc(-c3cccc(C4(c5ccccc5)c5ccccc5-c5ccccc54)c3)cc(-c3cccc4c3oc3ccccc34)n2)cc1. The van der Waals surface area contributed by atoms with Gasteiger partial charge in [0.1, 0.15) is 11.2 Å². The Morgan fingerprint density at radius 1 is 0.400 bits per heavy atom. The minimum Gasteiger partial charge on any atom is -0.455 e. The van der Waals surface area contributed by atoms with Crippen LogP contribution in [0.5, 0.6) is 0 Å². The lowest BCUT2D eigenvalue weighted by Gasteiger charge is -2.34. The number of benzene rings is 7. The maximum absolute atomic E-state index is 6.48. The molecule has 0 aliphatic heterocycles. The van der Waals surface area contributed by atoms with Gasteiger partial charge in [0.15, 0.2) is 5.82 Å². The third kappa shape index (κ3) is 4.23. The molecule has 0 bridgehead atoms. The van der Waals surface area contributed by atoms with E-state index in [-0.39, 0.29) is 0 Å². The number of nitrogens with zero attached hydrogens (tertiary/aromatic N) is 2. The number of rotatable bonds is 5. The van der Waals surface area contributed by atoms with Crippen molar-refractivity contribution in [3.63, 3.8) is 0 Å². The summed E-state index contributed by atoms with van der Waals surface area (Å²) in [5, 5.41) is 2.17. The molecule has 234 valence electrons. The number of hydrogen-bond donors (Lipinski definition) is 0.